The van der Waals surface area contributed by atoms with Gasteiger partial charge in [0.05, 0.1) is 30.3 Å². The Morgan fingerprint density at radius 2 is 0.927 bits per heavy atom. The first-order chi connectivity index (χ1) is 25.9. The van der Waals surface area contributed by atoms with Gasteiger partial charge in [-0.05, 0) is 54.1 Å². The first-order valence-electron chi connectivity index (χ1n) is 15.7. The number of benzene rings is 4. The largest absolute Gasteiger partial charge is 0.504 e. The Hall–Kier alpha value is -7.03. The lowest BCUT2D eigenvalue weighted by atomic mass is 10.0. The van der Waals surface area contributed by atoms with Gasteiger partial charge >= 0.3 is 11.9 Å². The van der Waals surface area contributed by atoms with E-state index < -0.39 is 148 Å². The van der Waals surface area contributed by atoms with Gasteiger partial charge in [0.2, 0.25) is 0 Å². The van der Waals surface area contributed by atoms with E-state index in [-0.39, 0.29) is 11.1 Å². The highest BCUT2D eigenvalue weighted by atomic mass is 16.7. The molecule has 0 spiro atoms. The number of carbonyl (C=O) groups excluding carboxylic acids is 3. The molecule has 292 valence electrons. The number of rotatable bonds is 14. The number of ether oxygens (including phenoxy) is 4. The van der Waals surface area contributed by atoms with Crippen molar-refractivity contribution in [1.29, 1.82) is 0 Å². The average Bonchev–Trinajstić information content (AvgIpc) is 3.85. The molecule has 1 aliphatic carbocycles. The first kappa shape index (κ1) is 39.2. The molecule has 0 heterocycles. The number of aromatic hydroxyl groups is 12. The Bertz CT molecular complexity index is 2050. The third-order valence-corrected chi connectivity index (χ3v) is 8.33. The number of aliphatic hydroxyl groups excluding tert-OH is 1. The quantitative estimate of drug-likeness (QED) is 0.0284. The summed E-state index contributed by atoms with van der Waals surface area (Å²) in [5, 5.41) is 129. The van der Waals surface area contributed by atoms with Gasteiger partial charge in [-0.2, -0.15) is 0 Å². The number of phenols is 12. The van der Waals surface area contributed by atoms with Crippen LogP contribution in [0.1, 0.15) is 36.6 Å². The smallest absolute Gasteiger partial charge is 0.338 e. The molecule has 0 bridgehead atoms. The lowest BCUT2D eigenvalue weighted by Crippen LogP contribution is -2.36. The Kier molecular flexibility index (Phi) is 11.1. The Labute approximate surface area is 307 Å². The standard InChI is InChI=1S/C35H32O20/c36-16-3-12(4-17(37)27(16)45)11-54-35(53-2-1-52-33(50)14-7-20(40)29(47)21(41)8-14)31(49)25-24(26(44)13-5-18(38)28(46)19(39)6-13)32(25)55-34(51)15-9-22(42)30(48)23(43)10-15/h3-10,24-25,31-32,35-43,45-49H,1-2,11H2. The second-order valence-electron chi connectivity index (χ2n) is 12.1. The predicted molar refractivity (Wildman–Crippen MR) is 177 cm³/mol. The summed E-state index contributed by atoms with van der Waals surface area (Å²) < 4.78 is 21.8. The van der Waals surface area contributed by atoms with Gasteiger partial charge in [0.25, 0.3) is 0 Å². The number of esters is 2. The van der Waals surface area contributed by atoms with Crippen LogP contribution in [0.15, 0.2) is 48.5 Å². The topological polar surface area (TPSA) is 351 Å². The predicted octanol–water partition coefficient (Wildman–Crippen LogP) is 1.59. The fourth-order valence-corrected chi connectivity index (χ4v) is 5.49. The van der Waals surface area contributed by atoms with Gasteiger partial charge in [0.1, 0.15) is 18.8 Å². The summed E-state index contributed by atoms with van der Waals surface area (Å²) in [7, 11) is 0. The molecule has 20 nitrogen and oxygen atoms in total. The molecule has 1 aliphatic rings. The van der Waals surface area contributed by atoms with Crippen molar-refractivity contribution < 1.29 is 99.7 Å². The molecule has 20 heteroatoms. The summed E-state index contributed by atoms with van der Waals surface area (Å²) in [5.41, 5.74) is -1.29. The zero-order chi connectivity index (χ0) is 40.5. The minimum absolute atomic E-state index is 0.0142. The maximum absolute atomic E-state index is 13.7. The summed E-state index contributed by atoms with van der Waals surface area (Å²) in [5.74, 6) is -16.7. The summed E-state index contributed by atoms with van der Waals surface area (Å²) in [6, 6.07) is 6.61. The van der Waals surface area contributed by atoms with Crippen molar-refractivity contribution in [3.05, 3.63) is 70.8 Å². The number of hydrogen-bond acceptors (Lipinski definition) is 20. The lowest BCUT2D eigenvalue weighted by Gasteiger charge is -2.24. The molecule has 13 N–H and O–H groups in total. The van der Waals surface area contributed by atoms with Crippen LogP contribution in [0.25, 0.3) is 0 Å². The highest BCUT2D eigenvalue weighted by Crippen LogP contribution is 2.50. The first-order valence-corrected chi connectivity index (χ1v) is 15.7. The van der Waals surface area contributed by atoms with Crippen molar-refractivity contribution in [1.82, 2.24) is 0 Å². The van der Waals surface area contributed by atoms with E-state index in [0.717, 1.165) is 48.5 Å². The summed E-state index contributed by atoms with van der Waals surface area (Å²) in [6.45, 7) is -1.73. The van der Waals surface area contributed by atoms with E-state index in [1.165, 1.54) is 0 Å². The molecule has 4 aromatic rings. The normalized spacial score (nSPS) is 17.2. The number of Topliss-reactive ketones (excluding diaryl/α,β-unsaturated/α-hetero) is 1. The van der Waals surface area contributed by atoms with Crippen molar-refractivity contribution in [3.63, 3.8) is 0 Å². The van der Waals surface area contributed by atoms with Crippen LogP contribution in [0.4, 0.5) is 0 Å². The van der Waals surface area contributed by atoms with Crippen molar-refractivity contribution in [2.75, 3.05) is 13.2 Å². The summed E-state index contributed by atoms with van der Waals surface area (Å²) >= 11 is 0. The summed E-state index contributed by atoms with van der Waals surface area (Å²) in [6.07, 6.45) is -5.34. The molecule has 0 radical (unpaired) electrons. The van der Waals surface area contributed by atoms with Crippen LogP contribution in [0.3, 0.4) is 0 Å². The van der Waals surface area contributed by atoms with Gasteiger partial charge in [-0.15, -0.1) is 0 Å². The van der Waals surface area contributed by atoms with Gasteiger partial charge < -0.3 is 85.3 Å². The molecule has 0 amide bonds. The van der Waals surface area contributed by atoms with Crippen LogP contribution in [0, 0.1) is 11.8 Å². The molecule has 5 rings (SSSR count). The molecular weight excluding hydrogens is 740 g/mol. The Morgan fingerprint density at radius 1 is 0.527 bits per heavy atom. The fraction of sp³-hybridized carbons (Fsp3) is 0.229. The van der Waals surface area contributed by atoms with Crippen molar-refractivity contribution in [2.24, 2.45) is 11.8 Å². The number of carbonyl (C=O) groups is 3. The van der Waals surface area contributed by atoms with Gasteiger partial charge in [-0.3, -0.25) is 4.79 Å². The van der Waals surface area contributed by atoms with Crippen LogP contribution in [0.5, 0.6) is 69.0 Å². The highest BCUT2D eigenvalue weighted by Gasteiger charge is 2.63. The molecule has 5 unspecified atom stereocenters. The van der Waals surface area contributed by atoms with Crippen LogP contribution in [-0.4, -0.2) is 116 Å². The number of phenolic OH excluding ortho intramolecular Hbond substituents is 12. The SMILES string of the molecule is O=C(OCCOC(OCc1cc(O)c(O)c(O)c1)C(O)C1C(OC(=O)c2cc(O)c(O)c(O)c2)C1C(=O)c1cc(O)c(O)c(O)c1)c1cc(O)c(O)c(O)c1. The van der Waals surface area contributed by atoms with E-state index in [2.05, 4.69) is 0 Å². The van der Waals surface area contributed by atoms with Crippen molar-refractivity contribution in [2.45, 2.75) is 25.1 Å². The zero-order valence-electron chi connectivity index (χ0n) is 27.8. The second-order valence-corrected chi connectivity index (χ2v) is 12.1. The van der Waals surface area contributed by atoms with E-state index in [1.807, 2.05) is 0 Å². The third kappa shape index (κ3) is 8.30. The van der Waals surface area contributed by atoms with E-state index in [1.54, 1.807) is 0 Å². The molecule has 1 fully saturated rings. The molecule has 0 aliphatic heterocycles. The van der Waals surface area contributed by atoms with Gasteiger partial charge in [0, 0.05) is 11.5 Å². The molecule has 0 saturated heterocycles. The Morgan fingerprint density at radius 3 is 1.38 bits per heavy atom. The molecular formula is C35H32O20. The fourth-order valence-electron chi connectivity index (χ4n) is 5.49. The maximum Gasteiger partial charge on any atom is 0.338 e. The van der Waals surface area contributed by atoms with E-state index >= 15 is 0 Å². The summed E-state index contributed by atoms with van der Waals surface area (Å²) in [4.78, 5) is 39.3. The van der Waals surface area contributed by atoms with E-state index in [0.29, 0.717) is 0 Å². The van der Waals surface area contributed by atoms with Crippen LogP contribution in [0.2, 0.25) is 0 Å². The maximum atomic E-state index is 13.7. The van der Waals surface area contributed by atoms with E-state index in [4.69, 9.17) is 18.9 Å². The van der Waals surface area contributed by atoms with Gasteiger partial charge in [-0.1, -0.05) is 0 Å². The van der Waals surface area contributed by atoms with Crippen LogP contribution >= 0.6 is 0 Å². The monoisotopic (exact) mass is 772 g/mol. The number of aliphatic hydroxyl groups is 1. The average molecular weight is 773 g/mol. The van der Waals surface area contributed by atoms with E-state index in [9.17, 15) is 80.8 Å². The number of ketones is 1. The van der Waals surface area contributed by atoms with Crippen molar-refractivity contribution in [3.8, 4) is 69.0 Å². The van der Waals surface area contributed by atoms with Crippen LogP contribution < -0.4 is 0 Å². The molecule has 55 heavy (non-hydrogen) atoms. The third-order valence-electron chi connectivity index (χ3n) is 8.33. The van der Waals surface area contributed by atoms with Crippen molar-refractivity contribution >= 4 is 17.7 Å². The Balaban J connectivity index is 1.40. The lowest BCUT2D eigenvalue weighted by molar-refractivity contribution is -0.209. The molecule has 1 saturated carbocycles. The van der Waals surface area contributed by atoms with Gasteiger partial charge in [0.15, 0.2) is 81.1 Å². The highest BCUT2D eigenvalue weighted by molar-refractivity contribution is 6.02. The number of hydrogen-bond donors (Lipinski definition) is 13. The minimum Gasteiger partial charge on any atom is -0.504 e. The molecule has 0 aromatic heterocycles. The molecule has 4 aromatic carbocycles. The second kappa shape index (κ2) is 15.5. The zero-order valence-corrected chi connectivity index (χ0v) is 27.8. The van der Waals surface area contributed by atoms with Gasteiger partial charge in [-0.25, -0.2) is 9.59 Å². The molecule has 5 atom stereocenters. The van der Waals surface area contributed by atoms with Crippen LogP contribution in [-0.2, 0) is 25.6 Å². The minimum atomic E-state index is -1.95.